The maximum absolute atomic E-state index is 13.2. The van der Waals surface area contributed by atoms with Gasteiger partial charge in [-0.3, -0.25) is 9.59 Å². The van der Waals surface area contributed by atoms with Gasteiger partial charge in [0.15, 0.2) is 0 Å². The topological polar surface area (TPSA) is 95.5 Å². The minimum atomic E-state index is -1.15. The van der Waals surface area contributed by atoms with Crippen LogP contribution in [0.5, 0.6) is 0 Å². The second-order valence-electron chi connectivity index (χ2n) is 7.36. The average Bonchev–Trinajstić information content (AvgIpc) is 2.80. The summed E-state index contributed by atoms with van der Waals surface area (Å²) in [6, 6.07) is 24.2. The molecule has 0 saturated heterocycles. The van der Waals surface area contributed by atoms with Gasteiger partial charge in [0.25, 0.3) is 0 Å². The molecular weight excluding hydrogens is 436 g/mol. The molecule has 3 aromatic rings. The minimum Gasteiger partial charge on any atom is -0.478 e. The van der Waals surface area contributed by atoms with Crippen LogP contribution in [0.25, 0.3) is 0 Å². The number of carboxylic acids is 1. The summed E-state index contributed by atoms with van der Waals surface area (Å²) in [6.07, 6.45) is 1.03. The molecule has 3 aromatic carbocycles. The van der Waals surface area contributed by atoms with Crippen molar-refractivity contribution in [3.8, 4) is 0 Å². The molecule has 0 unspecified atom stereocenters. The SMILES string of the molecule is C/C(=C\C(=O)Nc1ccc(S[C@H](C(=O)Nc2ccccc2C)c2ccccc2)cc1)C(=O)O. The van der Waals surface area contributed by atoms with Crippen molar-refractivity contribution in [3.63, 3.8) is 0 Å². The Morgan fingerprint density at radius 1 is 0.879 bits per heavy atom. The van der Waals surface area contributed by atoms with Crippen LogP contribution in [0.2, 0.25) is 0 Å². The first-order valence-corrected chi connectivity index (χ1v) is 11.1. The van der Waals surface area contributed by atoms with Gasteiger partial charge in [0.2, 0.25) is 11.8 Å². The summed E-state index contributed by atoms with van der Waals surface area (Å²) in [5.74, 6) is -1.80. The largest absolute Gasteiger partial charge is 0.478 e. The number of carboxylic acid groups (broad SMARTS) is 1. The number of carbonyl (C=O) groups is 3. The van der Waals surface area contributed by atoms with Crippen LogP contribution < -0.4 is 10.6 Å². The smallest absolute Gasteiger partial charge is 0.331 e. The summed E-state index contributed by atoms with van der Waals surface area (Å²) in [6.45, 7) is 3.30. The van der Waals surface area contributed by atoms with E-state index < -0.39 is 17.1 Å². The summed E-state index contributed by atoms with van der Waals surface area (Å²) in [5.41, 5.74) is 3.10. The number of hydrogen-bond donors (Lipinski definition) is 3. The van der Waals surface area contributed by atoms with Gasteiger partial charge in [-0.2, -0.15) is 0 Å². The zero-order chi connectivity index (χ0) is 23.8. The molecule has 33 heavy (non-hydrogen) atoms. The Balaban J connectivity index is 1.76. The Morgan fingerprint density at radius 3 is 2.15 bits per heavy atom. The van der Waals surface area contributed by atoms with E-state index in [0.29, 0.717) is 5.69 Å². The zero-order valence-corrected chi connectivity index (χ0v) is 19.1. The molecule has 0 heterocycles. The molecule has 0 aliphatic heterocycles. The number of amides is 2. The Morgan fingerprint density at radius 2 is 1.52 bits per heavy atom. The number of aliphatic carboxylic acids is 1. The lowest BCUT2D eigenvalue weighted by Crippen LogP contribution is -2.19. The van der Waals surface area contributed by atoms with Crippen molar-refractivity contribution in [2.24, 2.45) is 0 Å². The van der Waals surface area contributed by atoms with Gasteiger partial charge >= 0.3 is 5.97 Å². The number of rotatable bonds is 8. The van der Waals surface area contributed by atoms with Crippen LogP contribution >= 0.6 is 11.8 Å². The van der Waals surface area contributed by atoms with Crippen LogP contribution in [0.4, 0.5) is 11.4 Å². The highest BCUT2D eigenvalue weighted by Gasteiger charge is 2.22. The van der Waals surface area contributed by atoms with Crippen molar-refractivity contribution in [1.82, 2.24) is 0 Å². The standard InChI is InChI=1S/C26H24N2O4S/c1-17-8-6-7-11-22(17)28-25(30)24(19-9-4-3-5-10-19)33-21-14-12-20(13-15-21)27-23(29)16-18(2)26(31)32/h3-16,24H,1-2H3,(H,27,29)(H,28,30)(H,31,32)/b18-16+/t24-/m0/s1. The molecule has 0 fully saturated rings. The molecule has 1 atom stereocenters. The van der Waals surface area contributed by atoms with E-state index in [-0.39, 0.29) is 11.5 Å². The van der Waals surface area contributed by atoms with Crippen molar-refractivity contribution in [2.45, 2.75) is 24.0 Å². The van der Waals surface area contributed by atoms with E-state index in [2.05, 4.69) is 10.6 Å². The van der Waals surface area contributed by atoms with Gasteiger partial charge in [0.05, 0.1) is 0 Å². The highest BCUT2D eigenvalue weighted by atomic mass is 32.2. The van der Waals surface area contributed by atoms with Gasteiger partial charge in [0.1, 0.15) is 5.25 Å². The normalized spacial score (nSPS) is 12.0. The first-order valence-electron chi connectivity index (χ1n) is 10.2. The highest BCUT2D eigenvalue weighted by molar-refractivity contribution is 8.00. The average molecular weight is 461 g/mol. The van der Waals surface area contributed by atoms with Crippen molar-refractivity contribution in [3.05, 3.63) is 102 Å². The molecule has 0 aromatic heterocycles. The first-order chi connectivity index (χ1) is 15.8. The van der Waals surface area contributed by atoms with Crippen LogP contribution in [0, 0.1) is 6.92 Å². The molecule has 0 bridgehead atoms. The maximum Gasteiger partial charge on any atom is 0.331 e. The Hall–Kier alpha value is -3.84. The predicted octanol–water partition coefficient (Wildman–Crippen LogP) is 5.44. The zero-order valence-electron chi connectivity index (χ0n) is 18.2. The van der Waals surface area contributed by atoms with Gasteiger partial charge in [-0.25, -0.2) is 4.79 Å². The molecule has 2 amide bonds. The Bertz CT molecular complexity index is 1170. The summed E-state index contributed by atoms with van der Waals surface area (Å²) in [7, 11) is 0. The third-order valence-corrected chi connectivity index (χ3v) is 6.07. The molecule has 7 heteroatoms. The molecule has 0 aliphatic rings. The molecule has 0 radical (unpaired) electrons. The van der Waals surface area contributed by atoms with Crippen LogP contribution in [-0.2, 0) is 14.4 Å². The number of carbonyl (C=O) groups excluding carboxylic acids is 2. The number of anilines is 2. The van der Waals surface area contributed by atoms with Gasteiger partial charge in [-0.15, -0.1) is 11.8 Å². The number of hydrogen-bond acceptors (Lipinski definition) is 4. The molecule has 168 valence electrons. The van der Waals surface area contributed by atoms with E-state index in [1.54, 1.807) is 12.1 Å². The second kappa shape index (κ2) is 11.2. The van der Waals surface area contributed by atoms with E-state index >= 15 is 0 Å². The molecule has 0 spiro atoms. The lowest BCUT2D eigenvalue weighted by atomic mass is 10.1. The Labute approximate surface area is 196 Å². The van der Waals surface area contributed by atoms with E-state index in [1.165, 1.54) is 18.7 Å². The van der Waals surface area contributed by atoms with Crippen LogP contribution in [0.3, 0.4) is 0 Å². The summed E-state index contributed by atoms with van der Waals surface area (Å²) >= 11 is 1.40. The molecule has 0 saturated carbocycles. The summed E-state index contributed by atoms with van der Waals surface area (Å²) < 4.78 is 0. The van der Waals surface area contributed by atoms with E-state index in [4.69, 9.17) is 5.11 Å². The fourth-order valence-corrected chi connectivity index (χ4v) is 4.03. The summed E-state index contributed by atoms with van der Waals surface area (Å²) in [4.78, 5) is 36.9. The monoisotopic (exact) mass is 460 g/mol. The number of thioether (sulfide) groups is 1. The van der Waals surface area contributed by atoms with Crippen molar-refractivity contribution in [1.29, 1.82) is 0 Å². The summed E-state index contributed by atoms with van der Waals surface area (Å²) in [5, 5.41) is 14.1. The predicted molar refractivity (Wildman–Crippen MR) is 131 cm³/mol. The third kappa shape index (κ3) is 6.82. The maximum atomic E-state index is 13.2. The molecule has 3 N–H and O–H groups in total. The second-order valence-corrected chi connectivity index (χ2v) is 8.54. The fraction of sp³-hybridized carbons (Fsp3) is 0.115. The molecule has 3 rings (SSSR count). The lowest BCUT2D eigenvalue weighted by Gasteiger charge is -2.18. The van der Waals surface area contributed by atoms with Crippen molar-refractivity contribution >= 4 is 40.9 Å². The Kier molecular flexibility index (Phi) is 8.05. The van der Waals surface area contributed by atoms with Crippen molar-refractivity contribution in [2.75, 3.05) is 10.6 Å². The number of nitrogens with one attached hydrogen (secondary N) is 2. The van der Waals surface area contributed by atoms with Crippen LogP contribution in [0.15, 0.2) is 95.4 Å². The molecular formula is C26H24N2O4S. The number of aryl methyl sites for hydroxylation is 1. The fourth-order valence-electron chi connectivity index (χ4n) is 3.00. The van der Waals surface area contributed by atoms with E-state index in [0.717, 1.165) is 27.8 Å². The first kappa shape index (κ1) is 23.8. The van der Waals surface area contributed by atoms with Gasteiger partial charge in [-0.1, -0.05) is 48.5 Å². The van der Waals surface area contributed by atoms with E-state index in [1.807, 2.05) is 73.7 Å². The number of para-hydroxylation sites is 1. The lowest BCUT2D eigenvalue weighted by molar-refractivity contribution is -0.132. The van der Waals surface area contributed by atoms with Gasteiger partial charge in [0, 0.05) is 27.9 Å². The molecule has 0 aliphatic carbocycles. The minimum absolute atomic E-state index is 0.0509. The van der Waals surface area contributed by atoms with Crippen LogP contribution in [0.1, 0.15) is 23.3 Å². The highest BCUT2D eigenvalue weighted by Crippen LogP contribution is 2.37. The van der Waals surface area contributed by atoms with E-state index in [9.17, 15) is 14.4 Å². The van der Waals surface area contributed by atoms with Crippen LogP contribution in [-0.4, -0.2) is 22.9 Å². The van der Waals surface area contributed by atoms with Crippen molar-refractivity contribution < 1.29 is 19.5 Å². The third-order valence-electron chi connectivity index (χ3n) is 4.80. The molecule has 6 nitrogen and oxygen atoms in total. The van der Waals surface area contributed by atoms with Gasteiger partial charge < -0.3 is 15.7 Å². The quantitative estimate of drug-likeness (QED) is 0.307. The number of benzene rings is 3. The van der Waals surface area contributed by atoms with Gasteiger partial charge in [-0.05, 0) is 55.3 Å².